The Balaban J connectivity index is 1.70. The van der Waals surface area contributed by atoms with E-state index in [0.29, 0.717) is 23.1 Å². The molecule has 150 valence electrons. The third-order valence-electron chi connectivity index (χ3n) is 4.66. The van der Waals surface area contributed by atoms with Gasteiger partial charge in [0.05, 0.1) is 18.2 Å². The van der Waals surface area contributed by atoms with E-state index in [1.54, 1.807) is 31.5 Å². The summed E-state index contributed by atoms with van der Waals surface area (Å²) in [5.74, 6) is 2.24. The minimum Gasteiger partial charge on any atom is -0.493 e. The highest BCUT2D eigenvalue weighted by Gasteiger charge is 2.25. The van der Waals surface area contributed by atoms with Crippen molar-refractivity contribution in [1.82, 2.24) is 14.9 Å². The molecule has 1 aromatic carbocycles. The molecular formula is C21H26ClN3O3. The van der Waals surface area contributed by atoms with Crippen LogP contribution < -0.4 is 9.47 Å². The van der Waals surface area contributed by atoms with Gasteiger partial charge in [-0.2, -0.15) is 0 Å². The predicted octanol–water partition coefficient (Wildman–Crippen LogP) is 4.28. The maximum Gasteiger partial charge on any atom is 0.246 e. The number of hydrogen-bond acceptors (Lipinski definition) is 4. The van der Waals surface area contributed by atoms with E-state index in [4.69, 9.17) is 21.1 Å². The molecule has 1 atom stereocenters. The van der Waals surface area contributed by atoms with Crippen LogP contribution in [0.4, 0.5) is 0 Å². The van der Waals surface area contributed by atoms with Gasteiger partial charge < -0.3 is 19.4 Å². The Hall–Kier alpha value is -2.47. The lowest BCUT2D eigenvalue weighted by Gasteiger charge is -2.31. The second-order valence-corrected chi connectivity index (χ2v) is 7.54. The van der Waals surface area contributed by atoms with Gasteiger partial charge in [0, 0.05) is 37.5 Å². The number of H-pyrrole nitrogens is 1. The first-order chi connectivity index (χ1) is 13.5. The number of ether oxygens (including phenoxy) is 2. The number of methoxy groups -OCH3 is 1. The molecule has 1 amide bonds. The van der Waals surface area contributed by atoms with Crippen molar-refractivity contribution in [1.29, 1.82) is 0 Å². The Morgan fingerprint density at radius 1 is 1.43 bits per heavy atom. The SMILES string of the molecule is COc1cc(/C=C/C(=O)N2CCCC(c3ncc[nH]3)C2)cc(Cl)c1OC(C)C. The average Bonchev–Trinajstić information content (AvgIpc) is 3.22. The molecule has 0 radical (unpaired) electrons. The van der Waals surface area contributed by atoms with Gasteiger partial charge in [-0.15, -0.1) is 0 Å². The number of carbonyl (C=O) groups is 1. The third-order valence-corrected chi connectivity index (χ3v) is 4.94. The molecule has 0 aliphatic carbocycles. The van der Waals surface area contributed by atoms with E-state index >= 15 is 0 Å². The van der Waals surface area contributed by atoms with Gasteiger partial charge in [0.1, 0.15) is 5.82 Å². The van der Waals surface area contributed by atoms with Crippen LogP contribution in [0.15, 0.2) is 30.6 Å². The minimum atomic E-state index is -0.0196. The zero-order valence-corrected chi connectivity index (χ0v) is 17.2. The monoisotopic (exact) mass is 403 g/mol. The van der Waals surface area contributed by atoms with Crippen molar-refractivity contribution in [2.75, 3.05) is 20.2 Å². The van der Waals surface area contributed by atoms with Gasteiger partial charge in [0.15, 0.2) is 11.5 Å². The molecule has 1 unspecified atom stereocenters. The van der Waals surface area contributed by atoms with Crippen LogP contribution in [0.25, 0.3) is 6.08 Å². The number of nitrogens with one attached hydrogen (secondary N) is 1. The smallest absolute Gasteiger partial charge is 0.246 e. The van der Waals surface area contributed by atoms with Gasteiger partial charge in [0.2, 0.25) is 5.91 Å². The van der Waals surface area contributed by atoms with Gasteiger partial charge >= 0.3 is 0 Å². The van der Waals surface area contributed by atoms with Gasteiger partial charge in [-0.3, -0.25) is 4.79 Å². The second kappa shape index (κ2) is 9.15. The van der Waals surface area contributed by atoms with E-state index in [2.05, 4.69) is 9.97 Å². The number of nitrogens with zero attached hydrogens (tertiary/aromatic N) is 2. The highest BCUT2D eigenvalue weighted by atomic mass is 35.5. The first kappa shape index (κ1) is 20.3. The molecule has 28 heavy (non-hydrogen) atoms. The normalized spacial score (nSPS) is 17.3. The van der Waals surface area contributed by atoms with Crippen molar-refractivity contribution in [3.05, 3.63) is 47.0 Å². The molecule has 1 N–H and O–H groups in total. The lowest BCUT2D eigenvalue weighted by Crippen LogP contribution is -2.38. The summed E-state index contributed by atoms with van der Waals surface area (Å²) in [6.07, 6.45) is 8.89. The van der Waals surface area contributed by atoms with Crippen molar-refractivity contribution in [2.45, 2.75) is 38.7 Å². The Morgan fingerprint density at radius 2 is 2.25 bits per heavy atom. The largest absolute Gasteiger partial charge is 0.493 e. The average molecular weight is 404 g/mol. The zero-order valence-electron chi connectivity index (χ0n) is 16.4. The predicted molar refractivity (Wildman–Crippen MR) is 110 cm³/mol. The van der Waals surface area contributed by atoms with Gasteiger partial charge in [0.25, 0.3) is 0 Å². The molecule has 6 nitrogen and oxygen atoms in total. The van der Waals surface area contributed by atoms with Gasteiger partial charge in [-0.05, 0) is 50.5 Å². The molecule has 1 aliphatic heterocycles. The van der Waals surface area contributed by atoms with Crippen molar-refractivity contribution in [3.63, 3.8) is 0 Å². The molecule has 1 aliphatic rings. The fraction of sp³-hybridized carbons (Fsp3) is 0.429. The van der Waals surface area contributed by atoms with Crippen LogP contribution in [0.3, 0.4) is 0 Å². The number of aromatic nitrogens is 2. The van der Waals surface area contributed by atoms with E-state index < -0.39 is 0 Å². The van der Waals surface area contributed by atoms with Crippen LogP contribution in [0, 0.1) is 0 Å². The number of amides is 1. The van der Waals surface area contributed by atoms with E-state index in [1.165, 1.54) is 0 Å². The number of benzene rings is 1. The summed E-state index contributed by atoms with van der Waals surface area (Å²) < 4.78 is 11.1. The van der Waals surface area contributed by atoms with E-state index in [-0.39, 0.29) is 17.9 Å². The molecule has 0 spiro atoms. The summed E-state index contributed by atoms with van der Waals surface area (Å²) in [6.45, 7) is 5.28. The lowest BCUT2D eigenvalue weighted by atomic mass is 9.97. The number of piperidine rings is 1. The van der Waals surface area contributed by atoms with Crippen molar-refractivity contribution >= 4 is 23.6 Å². The molecule has 0 saturated carbocycles. The number of rotatable bonds is 6. The minimum absolute atomic E-state index is 0.0180. The number of imidazole rings is 1. The summed E-state index contributed by atoms with van der Waals surface area (Å²) in [7, 11) is 1.57. The highest BCUT2D eigenvalue weighted by molar-refractivity contribution is 6.32. The first-order valence-electron chi connectivity index (χ1n) is 9.48. The fourth-order valence-electron chi connectivity index (χ4n) is 3.36. The second-order valence-electron chi connectivity index (χ2n) is 7.13. The zero-order chi connectivity index (χ0) is 20.1. The molecule has 2 aromatic rings. The number of halogens is 1. The number of likely N-dealkylation sites (tertiary alicyclic amines) is 1. The topological polar surface area (TPSA) is 67.5 Å². The van der Waals surface area contributed by atoms with Crippen LogP contribution in [0.2, 0.25) is 5.02 Å². The van der Waals surface area contributed by atoms with Crippen LogP contribution in [0.5, 0.6) is 11.5 Å². The van der Waals surface area contributed by atoms with Crippen LogP contribution in [-0.2, 0) is 4.79 Å². The van der Waals surface area contributed by atoms with E-state index in [9.17, 15) is 4.79 Å². The summed E-state index contributed by atoms with van der Waals surface area (Å²) in [5, 5.41) is 0.455. The quantitative estimate of drug-likeness (QED) is 0.731. The van der Waals surface area contributed by atoms with E-state index in [1.807, 2.05) is 31.0 Å². The maximum absolute atomic E-state index is 12.7. The molecule has 0 bridgehead atoms. The standard InChI is InChI=1S/C21H26ClN3O3/c1-14(2)28-20-17(22)11-15(12-18(20)27-3)6-7-19(26)25-10-4-5-16(13-25)21-23-8-9-24-21/h6-9,11-12,14,16H,4-5,10,13H2,1-3H3,(H,23,24)/b7-6+. The highest BCUT2D eigenvalue weighted by Crippen LogP contribution is 2.37. The molecule has 7 heteroatoms. The van der Waals surface area contributed by atoms with Crippen LogP contribution >= 0.6 is 11.6 Å². The molecular weight excluding hydrogens is 378 g/mol. The molecule has 1 saturated heterocycles. The Bertz CT molecular complexity index is 834. The van der Waals surface area contributed by atoms with E-state index in [0.717, 1.165) is 30.8 Å². The van der Waals surface area contributed by atoms with Gasteiger partial charge in [-0.25, -0.2) is 4.98 Å². The maximum atomic E-state index is 12.7. The van der Waals surface area contributed by atoms with Crippen molar-refractivity contribution in [2.24, 2.45) is 0 Å². The number of hydrogen-bond donors (Lipinski definition) is 1. The Morgan fingerprint density at radius 3 is 2.93 bits per heavy atom. The summed E-state index contributed by atoms with van der Waals surface area (Å²) >= 11 is 6.35. The third kappa shape index (κ3) is 4.87. The molecule has 1 fully saturated rings. The number of carbonyl (C=O) groups excluding carboxylic acids is 1. The fourth-order valence-corrected chi connectivity index (χ4v) is 3.62. The lowest BCUT2D eigenvalue weighted by molar-refractivity contribution is -0.127. The van der Waals surface area contributed by atoms with Gasteiger partial charge in [-0.1, -0.05) is 11.6 Å². The first-order valence-corrected chi connectivity index (χ1v) is 9.86. The summed E-state index contributed by atoms with van der Waals surface area (Å²) in [4.78, 5) is 22.0. The molecule has 3 rings (SSSR count). The summed E-state index contributed by atoms with van der Waals surface area (Å²) in [5.41, 5.74) is 0.783. The van der Waals surface area contributed by atoms with Crippen LogP contribution in [0.1, 0.15) is 44.0 Å². The van der Waals surface area contributed by atoms with Crippen molar-refractivity contribution < 1.29 is 14.3 Å². The Labute approximate surface area is 170 Å². The summed E-state index contributed by atoms with van der Waals surface area (Å²) in [6, 6.07) is 3.59. The van der Waals surface area contributed by atoms with Crippen molar-refractivity contribution in [3.8, 4) is 11.5 Å². The molecule has 2 heterocycles. The van der Waals surface area contributed by atoms with Crippen LogP contribution in [-0.4, -0.2) is 47.1 Å². The Kier molecular flexibility index (Phi) is 6.62. The molecule has 1 aromatic heterocycles. The number of aromatic amines is 1.